The fraction of sp³-hybridized carbons (Fsp3) is 0.875. The molecule has 0 radical (unpaired) electrons. The number of carbonyl (C=O) groups excluding carboxylic acids is 1. The van der Waals surface area contributed by atoms with Gasteiger partial charge in [0.05, 0.1) is 31.2 Å². The van der Waals surface area contributed by atoms with Gasteiger partial charge in [-0.3, -0.25) is 9.59 Å². The van der Waals surface area contributed by atoms with Crippen molar-refractivity contribution in [2.24, 2.45) is 5.92 Å². The van der Waals surface area contributed by atoms with Crippen molar-refractivity contribution in [2.75, 3.05) is 6.61 Å². The smallest absolute Gasteiger partial charge is 0.309 e. The molecule has 0 fully saturated rings. The molecule has 0 bridgehead atoms. The van der Waals surface area contributed by atoms with E-state index in [0.717, 1.165) is 25.7 Å². The first-order valence-electron chi connectivity index (χ1n) is 8.00. The average Bonchev–Trinajstić information content (AvgIpc) is 2.38. The van der Waals surface area contributed by atoms with Crippen LogP contribution in [0, 0.1) is 5.92 Å². The second kappa shape index (κ2) is 14.8. The van der Waals surface area contributed by atoms with Crippen LogP contribution in [0.1, 0.15) is 66.2 Å². The summed E-state index contributed by atoms with van der Waals surface area (Å²) in [6, 6.07) is 0. The van der Waals surface area contributed by atoms with Gasteiger partial charge in [0, 0.05) is 0 Å². The molecule has 3 unspecified atom stereocenters. The Labute approximate surface area is 133 Å². The molecular formula is C16H32O6. The Morgan fingerprint density at radius 2 is 1.59 bits per heavy atom. The van der Waals surface area contributed by atoms with Crippen molar-refractivity contribution in [1.82, 2.24) is 0 Å². The molecule has 0 aliphatic rings. The zero-order chi connectivity index (χ0) is 17.5. The first-order chi connectivity index (χ1) is 10.3. The molecule has 0 aromatic heterocycles. The van der Waals surface area contributed by atoms with E-state index < -0.39 is 24.1 Å². The molecule has 0 heterocycles. The lowest BCUT2D eigenvalue weighted by molar-refractivity contribution is -0.146. The number of esters is 1. The number of carboxylic acids is 1. The average molecular weight is 320 g/mol. The van der Waals surface area contributed by atoms with E-state index in [4.69, 9.17) is 20.1 Å². The van der Waals surface area contributed by atoms with Crippen LogP contribution >= 0.6 is 0 Å². The van der Waals surface area contributed by atoms with Gasteiger partial charge in [0.25, 0.3) is 0 Å². The molecule has 0 amide bonds. The number of unbranched alkanes of at least 4 members (excludes halogenated alkanes) is 2. The van der Waals surface area contributed by atoms with Crippen LogP contribution in [0.25, 0.3) is 0 Å². The van der Waals surface area contributed by atoms with E-state index in [1.54, 1.807) is 6.92 Å². The number of ether oxygens (including phenoxy) is 1. The van der Waals surface area contributed by atoms with Crippen molar-refractivity contribution in [3.8, 4) is 0 Å². The number of aliphatic carboxylic acids is 1. The summed E-state index contributed by atoms with van der Waals surface area (Å²) in [5, 5.41) is 26.4. The fourth-order valence-electron chi connectivity index (χ4n) is 1.63. The summed E-state index contributed by atoms with van der Waals surface area (Å²) in [5.41, 5.74) is 0. The van der Waals surface area contributed by atoms with Gasteiger partial charge in [-0.2, -0.15) is 0 Å². The molecule has 0 rings (SSSR count). The Hall–Kier alpha value is -1.14. The van der Waals surface area contributed by atoms with E-state index in [1.165, 1.54) is 6.92 Å². The van der Waals surface area contributed by atoms with E-state index in [0.29, 0.717) is 13.0 Å². The highest BCUT2D eigenvalue weighted by Crippen LogP contribution is 2.12. The quantitative estimate of drug-likeness (QED) is 0.422. The first kappa shape index (κ1) is 23.1. The Balaban J connectivity index is 0. The monoisotopic (exact) mass is 320 g/mol. The van der Waals surface area contributed by atoms with Crippen LogP contribution in [0.5, 0.6) is 0 Å². The van der Waals surface area contributed by atoms with Crippen molar-refractivity contribution in [3.63, 3.8) is 0 Å². The van der Waals surface area contributed by atoms with Crippen molar-refractivity contribution < 1.29 is 29.6 Å². The Bertz CT molecular complexity index is 286. The second-order valence-electron chi connectivity index (χ2n) is 5.45. The van der Waals surface area contributed by atoms with Crippen LogP contribution in [0.15, 0.2) is 0 Å². The predicted molar refractivity (Wildman–Crippen MR) is 84.5 cm³/mol. The third-order valence-electron chi connectivity index (χ3n) is 2.99. The maximum atomic E-state index is 10.7. The summed E-state index contributed by atoms with van der Waals surface area (Å²) in [4.78, 5) is 21.2. The van der Waals surface area contributed by atoms with Crippen LogP contribution in [0.3, 0.4) is 0 Å². The number of carboxylic acid groups (broad SMARTS) is 1. The highest BCUT2D eigenvalue weighted by Gasteiger charge is 2.21. The van der Waals surface area contributed by atoms with Crippen molar-refractivity contribution in [2.45, 2.75) is 78.4 Å². The van der Waals surface area contributed by atoms with Crippen molar-refractivity contribution in [3.05, 3.63) is 0 Å². The van der Waals surface area contributed by atoms with E-state index in [-0.39, 0.29) is 12.4 Å². The van der Waals surface area contributed by atoms with E-state index in [1.807, 2.05) is 13.8 Å². The zero-order valence-electron chi connectivity index (χ0n) is 14.2. The molecule has 0 saturated carbocycles. The Morgan fingerprint density at radius 1 is 1.05 bits per heavy atom. The summed E-state index contributed by atoms with van der Waals surface area (Å²) in [6.07, 6.45) is 3.09. The number of rotatable bonds is 10. The van der Waals surface area contributed by atoms with Crippen LogP contribution in [0.4, 0.5) is 0 Å². The highest BCUT2D eigenvalue weighted by atomic mass is 16.5. The molecule has 0 aliphatic heterocycles. The SMILES string of the molecule is CCCCC(C(=O)O)C(C)O.CCCCOC(=O)CC(C)O. The van der Waals surface area contributed by atoms with E-state index in [2.05, 4.69) is 0 Å². The van der Waals surface area contributed by atoms with E-state index in [9.17, 15) is 9.59 Å². The zero-order valence-corrected chi connectivity index (χ0v) is 14.2. The summed E-state index contributed by atoms with van der Waals surface area (Å²) in [7, 11) is 0. The van der Waals surface area contributed by atoms with E-state index >= 15 is 0 Å². The highest BCUT2D eigenvalue weighted by molar-refractivity contribution is 5.70. The topological polar surface area (TPSA) is 104 Å². The number of aliphatic hydroxyl groups excluding tert-OH is 2. The molecular weight excluding hydrogens is 288 g/mol. The lowest BCUT2D eigenvalue weighted by Gasteiger charge is -2.13. The minimum atomic E-state index is -0.895. The lowest BCUT2D eigenvalue weighted by atomic mass is 9.97. The number of carbonyl (C=O) groups is 2. The lowest BCUT2D eigenvalue weighted by Crippen LogP contribution is -2.25. The molecule has 0 spiro atoms. The minimum Gasteiger partial charge on any atom is -0.481 e. The van der Waals surface area contributed by atoms with Gasteiger partial charge in [0.2, 0.25) is 0 Å². The van der Waals surface area contributed by atoms with Gasteiger partial charge in [-0.25, -0.2) is 0 Å². The van der Waals surface area contributed by atoms with Gasteiger partial charge in [0.1, 0.15) is 0 Å². The van der Waals surface area contributed by atoms with Gasteiger partial charge in [-0.15, -0.1) is 0 Å². The Morgan fingerprint density at radius 3 is 1.95 bits per heavy atom. The van der Waals surface area contributed by atoms with Crippen LogP contribution in [-0.2, 0) is 14.3 Å². The second-order valence-corrected chi connectivity index (χ2v) is 5.45. The van der Waals surface area contributed by atoms with Crippen molar-refractivity contribution in [1.29, 1.82) is 0 Å². The van der Waals surface area contributed by atoms with Gasteiger partial charge in [-0.05, 0) is 26.7 Å². The van der Waals surface area contributed by atoms with Crippen molar-refractivity contribution >= 4 is 11.9 Å². The molecule has 0 aromatic rings. The van der Waals surface area contributed by atoms with Gasteiger partial charge < -0.3 is 20.1 Å². The number of hydrogen-bond acceptors (Lipinski definition) is 5. The standard InChI is InChI=1S/2C8H16O3/c1-3-4-5-11-8(10)6-7(2)9;1-3-4-5-7(6(2)9)8(10)11/h7,9H,3-6H2,1-2H3;6-7,9H,3-5H2,1-2H3,(H,10,11). The first-order valence-corrected chi connectivity index (χ1v) is 8.00. The molecule has 3 N–H and O–H groups in total. The normalized spacial score (nSPS) is 14.3. The molecule has 0 aliphatic carbocycles. The molecule has 6 nitrogen and oxygen atoms in total. The van der Waals surface area contributed by atoms with Crippen LogP contribution < -0.4 is 0 Å². The third kappa shape index (κ3) is 15.3. The maximum absolute atomic E-state index is 10.7. The molecule has 0 aromatic carbocycles. The molecule has 22 heavy (non-hydrogen) atoms. The minimum absolute atomic E-state index is 0.101. The van der Waals surface area contributed by atoms with Crippen LogP contribution in [0.2, 0.25) is 0 Å². The van der Waals surface area contributed by atoms with Crippen LogP contribution in [-0.4, -0.2) is 46.1 Å². The number of aliphatic hydroxyl groups is 2. The Kier molecular flexibility index (Phi) is 15.5. The number of hydrogen-bond donors (Lipinski definition) is 3. The molecule has 0 saturated heterocycles. The summed E-state index contributed by atoms with van der Waals surface area (Å²) in [6.45, 7) is 7.60. The fourth-order valence-corrected chi connectivity index (χ4v) is 1.63. The molecule has 3 atom stereocenters. The van der Waals surface area contributed by atoms with Gasteiger partial charge in [-0.1, -0.05) is 33.1 Å². The molecule has 6 heteroatoms. The third-order valence-corrected chi connectivity index (χ3v) is 2.99. The summed E-state index contributed by atoms with van der Waals surface area (Å²) >= 11 is 0. The summed E-state index contributed by atoms with van der Waals surface area (Å²) in [5.74, 6) is -1.79. The molecule has 132 valence electrons. The van der Waals surface area contributed by atoms with Gasteiger partial charge >= 0.3 is 11.9 Å². The maximum Gasteiger partial charge on any atom is 0.309 e. The summed E-state index contributed by atoms with van der Waals surface area (Å²) < 4.78 is 4.79. The largest absolute Gasteiger partial charge is 0.481 e. The van der Waals surface area contributed by atoms with Gasteiger partial charge in [0.15, 0.2) is 0 Å². The predicted octanol–water partition coefficient (Wildman–Crippen LogP) is 2.36.